The van der Waals surface area contributed by atoms with Crippen LogP contribution in [0, 0.1) is 0 Å². The van der Waals surface area contributed by atoms with Crippen LogP contribution in [0.15, 0.2) is 75.9 Å². The molecule has 3 rings (SSSR count). The molecule has 0 unspecified atom stereocenters. The van der Waals surface area contributed by atoms with Gasteiger partial charge in [-0.2, -0.15) is 0 Å². The van der Waals surface area contributed by atoms with Crippen molar-refractivity contribution in [1.29, 1.82) is 0 Å². The summed E-state index contributed by atoms with van der Waals surface area (Å²) in [6.07, 6.45) is -0.106. The molecule has 0 spiro atoms. The molecule has 25 heavy (non-hydrogen) atoms. The van der Waals surface area contributed by atoms with E-state index in [1.165, 1.54) is 0 Å². The summed E-state index contributed by atoms with van der Waals surface area (Å²) in [7, 11) is 0. The second kappa shape index (κ2) is 7.62. The van der Waals surface area contributed by atoms with Gasteiger partial charge >= 0.3 is 11.6 Å². The second-order valence-corrected chi connectivity index (χ2v) is 5.52. The molecule has 0 aliphatic rings. The fraction of sp³-hybridized carbons (Fsp3) is 0.143. The van der Waals surface area contributed by atoms with Crippen molar-refractivity contribution in [3.63, 3.8) is 0 Å². The van der Waals surface area contributed by atoms with Crippen LogP contribution in [0.3, 0.4) is 0 Å². The molecule has 0 saturated heterocycles. The first-order valence-corrected chi connectivity index (χ1v) is 8.12. The Balaban J connectivity index is 2.14. The number of hydrogen-bond acceptors (Lipinski definition) is 4. The summed E-state index contributed by atoms with van der Waals surface area (Å²) in [6.45, 7) is 2.01. The van der Waals surface area contributed by atoms with Crippen molar-refractivity contribution < 1.29 is 13.9 Å². The van der Waals surface area contributed by atoms with Gasteiger partial charge in [0.15, 0.2) is 0 Å². The molecule has 0 bridgehead atoms. The van der Waals surface area contributed by atoms with E-state index in [4.69, 9.17) is 9.15 Å². The van der Waals surface area contributed by atoms with Gasteiger partial charge in [-0.3, -0.25) is 4.79 Å². The highest BCUT2D eigenvalue weighted by molar-refractivity contribution is 5.81. The van der Waals surface area contributed by atoms with E-state index in [9.17, 15) is 9.59 Å². The quantitative estimate of drug-likeness (QED) is 0.660. The molecule has 0 N–H and O–H groups in total. The maximum Gasteiger partial charge on any atom is 0.340 e. The number of carbonyl (C=O) groups excluding carboxylic acids is 1. The molecule has 0 saturated carbocycles. The number of benzene rings is 2. The van der Waals surface area contributed by atoms with Gasteiger partial charge in [0.25, 0.3) is 0 Å². The molecule has 126 valence electrons. The van der Waals surface area contributed by atoms with E-state index in [0.29, 0.717) is 5.76 Å². The standard InChI is InChI=1S/C21H18O4/c1-2-24-19(22)14-17-13-18(15-9-5-3-6-10-15)20(25-21(17)23)16-11-7-4-8-12-16/h3-13H,2,14H2,1H3. The molecular formula is C21H18O4. The molecule has 0 radical (unpaired) electrons. The lowest BCUT2D eigenvalue weighted by atomic mass is 9.98. The summed E-state index contributed by atoms with van der Waals surface area (Å²) in [6, 6.07) is 20.8. The van der Waals surface area contributed by atoms with Crippen molar-refractivity contribution in [2.45, 2.75) is 13.3 Å². The largest absolute Gasteiger partial charge is 0.466 e. The fourth-order valence-corrected chi connectivity index (χ4v) is 2.64. The lowest BCUT2D eigenvalue weighted by Crippen LogP contribution is -2.16. The molecule has 0 atom stereocenters. The van der Waals surface area contributed by atoms with Gasteiger partial charge in [-0.25, -0.2) is 4.79 Å². The maximum atomic E-state index is 12.4. The Bertz CT molecular complexity index is 912. The Labute approximate surface area is 145 Å². The molecule has 4 heteroatoms. The lowest BCUT2D eigenvalue weighted by molar-refractivity contribution is -0.142. The van der Waals surface area contributed by atoms with Gasteiger partial charge in [-0.1, -0.05) is 60.7 Å². The molecule has 2 aromatic carbocycles. The average molecular weight is 334 g/mol. The molecule has 1 aromatic heterocycles. The van der Waals surface area contributed by atoms with Crippen molar-refractivity contribution in [2.24, 2.45) is 0 Å². The smallest absolute Gasteiger partial charge is 0.340 e. The van der Waals surface area contributed by atoms with E-state index >= 15 is 0 Å². The first-order valence-electron chi connectivity index (χ1n) is 8.12. The molecule has 1 heterocycles. The predicted molar refractivity (Wildman–Crippen MR) is 96.2 cm³/mol. The monoisotopic (exact) mass is 334 g/mol. The molecule has 4 nitrogen and oxygen atoms in total. The average Bonchev–Trinajstić information content (AvgIpc) is 2.65. The summed E-state index contributed by atoms with van der Waals surface area (Å²) in [5.74, 6) is 0.0469. The second-order valence-electron chi connectivity index (χ2n) is 5.52. The highest BCUT2D eigenvalue weighted by atomic mass is 16.5. The van der Waals surface area contributed by atoms with E-state index in [1.54, 1.807) is 13.0 Å². The van der Waals surface area contributed by atoms with Crippen LogP contribution in [0.4, 0.5) is 0 Å². The number of esters is 1. The van der Waals surface area contributed by atoms with Gasteiger partial charge in [0, 0.05) is 16.7 Å². The van der Waals surface area contributed by atoms with Crippen LogP contribution in [0.5, 0.6) is 0 Å². The van der Waals surface area contributed by atoms with Crippen LogP contribution in [-0.2, 0) is 16.0 Å². The Morgan fingerprint density at radius 1 is 0.960 bits per heavy atom. The number of rotatable bonds is 5. The third-order valence-electron chi connectivity index (χ3n) is 3.78. The highest BCUT2D eigenvalue weighted by Gasteiger charge is 2.17. The normalized spacial score (nSPS) is 10.4. The first-order chi connectivity index (χ1) is 12.2. The molecule has 0 amide bonds. The third-order valence-corrected chi connectivity index (χ3v) is 3.78. The first kappa shape index (κ1) is 16.7. The number of carbonyl (C=O) groups is 1. The van der Waals surface area contributed by atoms with E-state index in [1.807, 2.05) is 60.7 Å². The zero-order valence-corrected chi connectivity index (χ0v) is 13.9. The number of ether oxygens (including phenoxy) is 1. The van der Waals surface area contributed by atoms with E-state index in [2.05, 4.69) is 0 Å². The Kier molecular flexibility index (Phi) is 5.09. The van der Waals surface area contributed by atoms with Crippen molar-refractivity contribution in [1.82, 2.24) is 0 Å². The minimum absolute atomic E-state index is 0.106. The van der Waals surface area contributed by atoms with Crippen LogP contribution < -0.4 is 5.63 Å². The molecule has 0 aliphatic heterocycles. The maximum absolute atomic E-state index is 12.4. The SMILES string of the molecule is CCOC(=O)Cc1cc(-c2ccccc2)c(-c2ccccc2)oc1=O. The molecule has 0 aliphatic carbocycles. The Hall–Kier alpha value is -3.14. The molecular weight excluding hydrogens is 316 g/mol. The van der Waals surface area contributed by atoms with Crippen molar-refractivity contribution in [2.75, 3.05) is 6.61 Å². The van der Waals surface area contributed by atoms with Crippen molar-refractivity contribution in [3.05, 3.63) is 82.7 Å². The van der Waals surface area contributed by atoms with Crippen LogP contribution in [-0.4, -0.2) is 12.6 Å². The van der Waals surface area contributed by atoms with E-state index in [0.717, 1.165) is 16.7 Å². The van der Waals surface area contributed by atoms with Gasteiger partial charge in [0.1, 0.15) is 5.76 Å². The van der Waals surface area contributed by atoms with Crippen LogP contribution >= 0.6 is 0 Å². The zero-order chi connectivity index (χ0) is 17.6. The topological polar surface area (TPSA) is 56.5 Å². The zero-order valence-electron chi connectivity index (χ0n) is 13.9. The van der Waals surface area contributed by atoms with Gasteiger partial charge < -0.3 is 9.15 Å². The van der Waals surface area contributed by atoms with Crippen LogP contribution in [0.2, 0.25) is 0 Å². The van der Waals surface area contributed by atoms with Gasteiger partial charge in [-0.05, 0) is 18.6 Å². The van der Waals surface area contributed by atoms with Gasteiger partial charge in [0.05, 0.1) is 13.0 Å². The van der Waals surface area contributed by atoms with Crippen LogP contribution in [0.25, 0.3) is 22.5 Å². The van der Waals surface area contributed by atoms with E-state index in [-0.39, 0.29) is 18.6 Å². The number of hydrogen-bond donors (Lipinski definition) is 0. The van der Waals surface area contributed by atoms with E-state index < -0.39 is 11.6 Å². The minimum atomic E-state index is -0.522. The minimum Gasteiger partial charge on any atom is -0.466 e. The summed E-state index contributed by atoms with van der Waals surface area (Å²) >= 11 is 0. The summed E-state index contributed by atoms with van der Waals surface area (Å²) in [4.78, 5) is 24.1. The van der Waals surface area contributed by atoms with Crippen LogP contribution in [0.1, 0.15) is 12.5 Å². The summed E-state index contributed by atoms with van der Waals surface area (Å²) in [5, 5.41) is 0. The van der Waals surface area contributed by atoms with Gasteiger partial charge in [0.2, 0.25) is 0 Å². The predicted octanol–water partition coefficient (Wildman–Crippen LogP) is 4.08. The third kappa shape index (κ3) is 3.86. The fourth-order valence-electron chi connectivity index (χ4n) is 2.64. The Morgan fingerprint density at radius 2 is 1.56 bits per heavy atom. The van der Waals surface area contributed by atoms with Gasteiger partial charge in [-0.15, -0.1) is 0 Å². The Morgan fingerprint density at radius 3 is 2.16 bits per heavy atom. The lowest BCUT2D eigenvalue weighted by Gasteiger charge is -2.10. The van der Waals surface area contributed by atoms with Crippen molar-refractivity contribution in [3.8, 4) is 22.5 Å². The molecule has 0 fully saturated rings. The van der Waals surface area contributed by atoms with Crippen molar-refractivity contribution >= 4 is 5.97 Å². The summed E-state index contributed by atoms with van der Waals surface area (Å²) < 4.78 is 10.5. The summed E-state index contributed by atoms with van der Waals surface area (Å²) in [5.41, 5.74) is 2.26. The highest BCUT2D eigenvalue weighted by Crippen LogP contribution is 2.31. The molecule has 3 aromatic rings.